The Morgan fingerprint density at radius 2 is 1.94 bits per heavy atom. The van der Waals surface area contributed by atoms with Gasteiger partial charge in [-0.15, -0.1) is 0 Å². The van der Waals surface area contributed by atoms with E-state index in [1.54, 1.807) is 6.26 Å². The lowest BCUT2D eigenvalue weighted by Gasteiger charge is -2.26. The first kappa shape index (κ1) is 10.8. The van der Waals surface area contributed by atoms with E-state index in [1.165, 1.54) is 0 Å². The van der Waals surface area contributed by atoms with Crippen molar-refractivity contribution in [2.75, 3.05) is 13.2 Å². The number of aliphatic hydroxyl groups is 1. The first-order chi connectivity index (χ1) is 8.36. The zero-order valence-electron chi connectivity index (χ0n) is 9.63. The molecule has 2 heterocycles. The second-order valence-corrected chi connectivity index (χ2v) is 4.58. The normalized spacial score (nSPS) is 19.6. The fourth-order valence-electron chi connectivity index (χ4n) is 2.51. The van der Waals surface area contributed by atoms with Gasteiger partial charge in [-0.3, -0.25) is 0 Å². The van der Waals surface area contributed by atoms with E-state index >= 15 is 0 Å². The van der Waals surface area contributed by atoms with Crippen LogP contribution in [0.1, 0.15) is 24.5 Å². The summed E-state index contributed by atoms with van der Waals surface area (Å²) in [5.41, 5.74) is 1.75. The molecule has 3 heteroatoms. The van der Waals surface area contributed by atoms with Crippen molar-refractivity contribution >= 4 is 11.0 Å². The maximum atomic E-state index is 10.4. The number of ether oxygens (including phenoxy) is 1. The van der Waals surface area contributed by atoms with Crippen molar-refractivity contribution in [1.29, 1.82) is 0 Å². The van der Waals surface area contributed by atoms with E-state index in [0.717, 1.165) is 42.6 Å². The van der Waals surface area contributed by atoms with Gasteiger partial charge in [-0.1, -0.05) is 18.2 Å². The number of aliphatic hydroxyl groups excluding tert-OH is 1. The van der Waals surface area contributed by atoms with Gasteiger partial charge >= 0.3 is 0 Å². The maximum absolute atomic E-state index is 10.4. The lowest BCUT2D eigenvalue weighted by atomic mass is 9.89. The van der Waals surface area contributed by atoms with Gasteiger partial charge in [0.1, 0.15) is 5.58 Å². The van der Waals surface area contributed by atoms with Crippen LogP contribution in [0.4, 0.5) is 0 Å². The highest BCUT2D eigenvalue weighted by molar-refractivity contribution is 5.81. The Labute approximate surface area is 100.0 Å². The summed E-state index contributed by atoms with van der Waals surface area (Å²) >= 11 is 0. The Kier molecular flexibility index (Phi) is 2.87. The first-order valence-corrected chi connectivity index (χ1v) is 6.08. The van der Waals surface area contributed by atoms with Crippen LogP contribution >= 0.6 is 0 Å². The quantitative estimate of drug-likeness (QED) is 0.865. The molecular formula is C14H16O3. The summed E-state index contributed by atoms with van der Waals surface area (Å²) in [6.45, 7) is 1.50. The van der Waals surface area contributed by atoms with E-state index in [-0.39, 0.29) is 5.92 Å². The minimum atomic E-state index is -0.442. The number of hydrogen-bond donors (Lipinski definition) is 1. The summed E-state index contributed by atoms with van der Waals surface area (Å²) in [5, 5.41) is 11.4. The zero-order chi connectivity index (χ0) is 11.7. The van der Waals surface area contributed by atoms with Crippen LogP contribution in [0.25, 0.3) is 11.0 Å². The Balaban J connectivity index is 1.92. The summed E-state index contributed by atoms with van der Waals surface area (Å²) < 4.78 is 10.8. The third-order valence-electron chi connectivity index (χ3n) is 3.54. The number of rotatable bonds is 2. The average Bonchev–Trinajstić information content (AvgIpc) is 2.83. The second-order valence-electron chi connectivity index (χ2n) is 4.58. The largest absolute Gasteiger partial charge is 0.464 e. The minimum absolute atomic E-state index is 0.282. The SMILES string of the molecule is OC(c1coc2ccccc12)C1CCOCC1. The van der Waals surface area contributed by atoms with Gasteiger partial charge in [-0.05, 0) is 24.8 Å². The van der Waals surface area contributed by atoms with Crippen molar-refractivity contribution < 1.29 is 14.3 Å². The van der Waals surface area contributed by atoms with E-state index in [9.17, 15) is 5.11 Å². The van der Waals surface area contributed by atoms with Crippen LogP contribution in [0.2, 0.25) is 0 Å². The molecule has 1 atom stereocenters. The Morgan fingerprint density at radius 1 is 1.18 bits per heavy atom. The second kappa shape index (κ2) is 4.51. The van der Waals surface area contributed by atoms with Crippen LogP contribution in [0.5, 0.6) is 0 Å². The Bertz CT molecular complexity index is 497. The molecule has 1 aliphatic heterocycles. The molecule has 1 aromatic heterocycles. The average molecular weight is 232 g/mol. The topological polar surface area (TPSA) is 42.6 Å². The molecule has 3 rings (SSSR count). The third kappa shape index (κ3) is 1.96. The molecule has 1 aliphatic rings. The van der Waals surface area contributed by atoms with E-state index < -0.39 is 6.10 Å². The number of hydrogen-bond acceptors (Lipinski definition) is 3. The van der Waals surface area contributed by atoms with Crippen LogP contribution in [-0.2, 0) is 4.74 Å². The highest BCUT2D eigenvalue weighted by Crippen LogP contribution is 2.34. The zero-order valence-corrected chi connectivity index (χ0v) is 9.63. The van der Waals surface area contributed by atoms with E-state index in [2.05, 4.69) is 0 Å². The van der Waals surface area contributed by atoms with Crippen LogP contribution in [0, 0.1) is 5.92 Å². The molecule has 1 unspecified atom stereocenters. The summed E-state index contributed by atoms with van der Waals surface area (Å²) in [6.07, 6.45) is 3.08. The molecule has 0 aliphatic carbocycles. The fourth-order valence-corrected chi connectivity index (χ4v) is 2.51. The van der Waals surface area contributed by atoms with Gasteiger partial charge in [0.05, 0.1) is 12.4 Å². The summed E-state index contributed by atoms with van der Waals surface area (Å²) in [4.78, 5) is 0. The van der Waals surface area contributed by atoms with Crippen molar-refractivity contribution in [3.63, 3.8) is 0 Å². The van der Waals surface area contributed by atoms with Gasteiger partial charge in [0, 0.05) is 24.2 Å². The molecule has 0 radical (unpaired) electrons. The van der Waals surface area contributed by atoms with Crippen molar-refractivity contribution in [3.05, 3.63) is 36.1 Å². The van der Waals surface area contributed by atoms with E-state index in [0.29, 0.717) is 0 Å². The van der Waals surface area contributed by atoms with Crippen molar-refractivity contribution in [2.24, 2.45) is 5.92 Å². The molecule has 3 nitrogen and oxygen atoms in total. The molecular weight excluding hydrogens is 216 g/mol. The summed E-state index contributed by atoms with van der Waals surface area (Å²) in [7, 11) is 0. The number of para-hydroxylation sites is 1. The van der Waals surface area contributed by atoms with Gasteiger partial charge in [0.15, 0.2) is 0 Å². The molecule has 2 aromatic rings. The molecule has 1 N–H and O–H groups in total. The smallest absolute Gasteiger partial charge is 0.134 e. The predicted molar refractivity (Wildman–Crippen MR) is 64.7 cm³/mol. The van der Waals surface area contributed by atoms with Gasteiger partial charge in [-0.2, -0.15) is 0 Å². The van der Waals surface area contributed by atoms with Gasteiger partial charge < -0.3 is 14.3 Å². The third-order valence-corrected chi connectivity index (χ3v) is 3.54. The fraction of sp³-hybridized carbons (Fsp3) is 0.429. The lowest BCUT2D eigenvalue weighted by molar-refractivity contribution is 0.00744. The number of benzene rings is 1. The van der Waals surface area contributed by atoms with Crippen LogP contribution in [-0.4, -0.2) is 18.3 Å². The standard InChI is InChI=1S/C14H16O3/c15-14(10-5-7-16-8-6-10)12-9-17-13-4-2-1-3-11(12)13/h1-4,9-10,14-15H,5-8H2. The minimum Gasteiger partial charge on any atom is -0.464 e. The van der Waals surface area contributed by atoms with Gasteiger partial charge in [0.25, 0.3) is 0 Å². The van der Waals surface area contributed by atoms with Crippen LogP contribution in [0.3, 0.4) is 0 Å². The molecule has 0 saturated carbocycles. The Hall–Kier alpha value is -1.32. The highest BCUT2D eigenvalue weighted by atomic mass is 16.5. The monoisotopic (exact) mass is 232 g/mol. The van der Waals surface area contributed by atoms with Crippen LogP contribution in [0.15, 0.2) is 34.9 Å². The maximum Gasteiger partial charge on any atom is 0.134 e. The predicted octanol–water partition coefficient (Wildman–Crippen LogP) is 2.89. The first-order valence-electron chi connectivity index (χ1n) is 6.08. The summed E-state index contributed by atoms with van der Waals surface area (Å²) in [6, 6.07) is 7.83. The summed E-state index contributed by atoms with van der Waals surface area (Å²) in [5.74, 6) is 0.282. The van der Waals surface area contributed by atoms with Gasteiger partial charge in [-0.25, -0.2) is 0 Å². The molecule has 1 saturated heterocycles. The van der Waals surface area contributed by atoms with E-state index in [1.807, 2.05) is 24.3 Å². The molecule has 1 fully saturated rings. The van der Waals surface area contributed by atoms with E-state index in [4.69, 9.17) is 9.15 Å². The van der Waals surface area contributed by atoms with Gasteiger partial charge in [0.2, 0.25) is 0 Å². The molecule has 0 spiro atoms. The van der Waals surface area contributed by atoms with Crippen molar-refractivity contribution in [1.82, 2.24) is 0 Å². The molecule has 0 amide bonds. The highest BCUT2D eigenvalue weighted by Gasteiger charge is 2.25. The number of furan rings is 1. The Morgan fingerprint density at radius 3 is 2.76 bits per heavy atom. The lowest BCUT2D eigenvalue weighted by Crippen LogP contribution is -2.21. The van der Waals surface area contributed by atoms with Crippen LogP contribution < -0.4 is 0 Å². The molecule has 1 aromatic carbocycles. The molecule has 17 heavy (non-hydrogen) atoms. The molecule has 0 bridgehead atoms. The van der Waals surface area contributed by atoms with Crippen molar-refractivity contribution in [2.45, 2.75) is 18.9 Å². The van der Waals surface area contributed by atoms with Crippen molar-refractivity contribution in [3.8, 4) is 0 Å². The number of fused-ring (bicyclic) bond motifs is 1. The molecule has 90 valence electrons.